The van der Waals surface area contributed by atoms with E-state index in [-0.39, 0.29) is 57.3 Å². The first-order valence-electron chi connectivity index (χ1n) is 7.06. The Kier molecular flexibility index (Phi) is 7.72. The molecule has 5 heteroatoms. The van der Waals surface area contributed by atoms with E-state index in [1.54, 1.807) is 6.07 Å². The maximum atomic E-state index is 12.3. The number of hydrogen-bond acceptors (Lipinski definition) is 3. The number of carboxylic acids is 1. The van der Waals surface area contributed by atoms with Crippen molar-refractivity contribution in [3.05, 3.63) is 42.5 Å². The zero-order valence-corrected chi connectivity index (χ0v) is 16.3. The number of carbonyl (C=O) groups excluding carboxylic acids is 2. The van der Waals surface area contributed by atoms with Crippen molar-refractivity contribution in [3.63, 3.8) is 0 Å². The minimum absolute atomic E-state index is 0. The first-order valence-corrected chi connectivity index (χ1v) is 7.06. The Morgan fingerprint density at radius 2 is 1.77 bits per heavy atom. The fourth-order valence-corrected chi connectivity index (χ4v) is 2.35. The first kappa shape index (κ1) is 19.3. The van der Waals surface area contributed by atoms with Gasteiger partial charge in [-0.2, -0.15) is 0 Å². The van der Waals surface area contributed by atoms with Crippen LogP contribution in [0.4, 0.5) is 5.69 Å². The molecule has 0 heterocycles. The number of benzene rings is 2. The summed E-state index contributed by atoms with van der Waals surface area (Å²) < 4.78 is 0. The van der Waals surface area contributed by atoms with Crippen molar-refractivity contribution < 1.29 is 66.1 Å². The van der Waals surface area contributed by atoms with Crippen LogP contribution in [0.3, 0.4) is 0 Å². The van der Waals surface area contributed by atoms with Crippen LogP contribution in [-0.2, 0) is 9.59 Å². The van der Waals surface area contributed by atoms with Crippen molar-refractivity contribution in [1.29, 1.82) is 0 Å². The first-order chi connectivity index (χ1) is 10.0. The molecule has 0 saturated heterocycles. The van der Waals surface area contributed by atoms with Crippen LogP contribution >= 0.6 is 0 Å². The number of fused-ring (bicyclic) bond motifs is 1. The van der Waals surface area contributed by atoms with E-state index < -0.39 is 12.0 Å². The molecule has 2 aromatic carbocycles. The topological polar surface area (TPSA) is 60.4 Å². The van der Waals surface area contributed by atoms with Gasteiger partial charge in [0.2, 0.25) is 5.91 Å². The molecule has 0 aromatic heterocycles. The normalized spacial score (nSPS) is 11.5. The second-order valence-corrected chi connectivity index (χ2v) is 5.04. The molecule has 2 aromatic rings. The summed E-state index contributed by atoms with van der Waals surface area (Å²) in [6.45, 7) is 3.36. The summed E-state index contributed by atoms with van der Waals surface area (Å²) in [5.74, 6) is -1.46. The quantitative estimate of drug-likeness (QED) is 0.671. The van der Waals surface area contributed by atoms with Crippen LogP contribution in [0, 0.1) is 0 Å². The third-order valence-corrected chi connectivity index (χ3v) is 3.47. The van der Waals surface area contributed by atoms with E-state index in [1.165, 1.54) is 11.8 Å². The largest absolute Gasteiger partial charge is 1.00 e. The number of carboxylic acid groups (broad SMARTS) is 1. The molecule has 0 aliphatic heterocycles. The molecule has 0 radical (unpaired) electrons. The predicted octanol–water partition coefficient (Wildman–Crippen LogP) is -0.885. The average Bonchev–Trinajstić information content (AvgIpc) is 2.47. The summed E-state index contributed by atoms with van der Waals surface area (Å²) in [7, 11) is 0. The van der Waals surface area contributed by atoms with Gasteiger partial charge >= 0.3 is 51.4 Å². The van der Waals surface area contributed by atoms with Gasteiger partial charge in [-0.05, 0) is 36.2 Å². The van der Waals surface area contributed by atoms with Gasteiger partial charge in [0.05, 0.1) is 12.0 Å². The van der Waals surface area contributed by atoms with Crippen LogP contribution in [0.2, 0.25) is 0 Å². The van der Waals surface area contributed by atoms with Crippen molar-refractivity contribution in [2.75, 3.05) is 4.90 Å². The Morgan fingerprint density at radius 3 is 2.36 bits per heavy atom. The van der Waals surface area contributed by atoms with E-state index in [0.717, 1.165) is 10.8 Å². The fraction of sp³-hybridized carbons (Fsp3) is 0.294. The van der Waals surface area contributed by atoms with Crippen LogP contribution in [0.5, 0.6) is 0 Å². The fourth-order valence-electron chi connectivity index (χ4n) is 2.35. The van der Waals surface area contributed by atoms with Gasteiger partial charge in [0.15, 0.2) is 0 Å². The summed E-state index contributed by atoms with van der Waals surface area (Å²) in [5, 5.41) is 13.2. The summed E-state index contributed by atoms with van der Waals surface area (Å²) in [5.41, 5.74) is 0.587. The van der Waals surface area contributed by atoms with E-state index in [0.29, 0.717) is 18.5 Å². The minimum Gasteiger partial charge on any atom is -0.548 e. The number of nitrogens with zero attached hydrogens (tertiary/aromatic N) is 1. The predicted molar refractivity (Wildman–Crippen MR) is 80.8 cm³/mol. The zero-order valence-electron chi connectivity index (χ0n) is 13.2. The number of amides is 1. The Bertz CT molecular complexity index is 672. The Balaban J connectivity index is 0.00000242. The van der Waals surface area contributed by atoms with Crippen molar-refractivity contribution in [2.45, 2.75) is 32.7 Å². The number of carbonyl (C=O) groups is 2. The van der Waals surface area contributed by atoms with Gasteiger partial charge < -0.3 is 14.8 Å². The molecule has 0 bridgehead atoms. The molecule has 1 atom stereocenters. The van der Waals surface area contributed by atoms with E-state index >= 15 is 0 Å². The molecule has 1 amide bonds. The van der Waals surface area contributed by atoms with Crippen LogP contribution in [0.1, 0.15) is 26.7 Å². The van der Waals surface area contributed by atoms with Crippen molar-refractivity contribution >= 4 is 28.3 Å². The molecule has 0 N–H and O–H groups in total. The molecule has 0 spiro atoms. The maximum Gasteiger partial charge on any atom is 1.00 e. The number of aliphatic carboxylic acids is 1. The van der Waals surface area contributed by atoms with Gasteiger partial charge in [0.25, 0.3) is 0 Å². The van der Waals surface area contributed by atoms with Crippen molar-refractivity contribution in [3.8, 4) is 0 Å². The molecule has 4 nitrogen and oxygen atoms in total. The van der Waals surface area contributed by atoms with Gasteiger partial charge in [-0.1, -0.05) is 37.3 Å². The minimum atomic E-state index is -1.26. The van der Waals surface area contributed by atoms with E-state index in [1.807, 2.05) is 43.3 Å². The second kappa shape index (κ2) is 8.79. The number of hydrogen-bond donors (Lipinski definition) is 0. The third-order valence-electron chi connectivity index (χ3n) is 3.47. The average molecular weight is 323 g/mol. The SMILES string of the molecule is CCCC(=O)N(c1ccc2ccccc2c1)C(C)C(=O)[O-].[K+]. The summed E-state index contributed by atoms with van der Waals surface area (Å²) in [6, 6.07) is 12.3. The standard InChI is InChI=1S/C17H19NO3.K/c1-3-6-16(19)18(12(2)17(20)21)15-10-9-13-7-4-5-8-14(13)11-15;/h4-5,7-12H,3,6H2,1-2H3,(H,20,21);/q;+1/p-1. The Hall–Kier alpha value is -0.724. The smallest absolute Gasteiger partial charge is 0.548 e. The molecular weight excluding hydrogens is 305 g/mol. The van der Waals surface area contributed by atoms with E-state index in [9.17, 15) is 14.7 Å². The maximum absolute atomic E-state index is 12.3. The Labute approximate surface area is 172 Å². The van der Waals surface area contributed by atoms with Crippen LogP contribution in [0.15, 0.2) is 42.5 Å². The van der Waals surface area contributed by atoms with Gasteiger partial charge in [0, 0.05) is 12.1 Å². The monoisotopic (exact) mass is 323 g/mol. The molecule has 1 unspecified atom stereocenters. The van der Waals surface area contributed by atoms with Crippen molar-refractivity contribution in [2.24, 2.45) is 0 Å². The molecule has 22 heavy (non-hydrogen) atoms. The van der Waals surface area contributed by atoms with Gasteiger partial charge in [0.1, 0.15) is 0 Å². The van der Waals surface area contributed by atoms with Gasteiger partial charge in [-0.3, -0.25) is 4.79 Å². The summed E-state index contributed by atoms with van der Waals surface area (Å²) in [4.78, 5) is 24.8. The second-order valence-electron chi connectivity index (χ2n) is 5.04. The summed E-state index contributed by atoms with van der Waals surface area (Å²) >= 11 is 0. The number of anilines is 1. The number of rotatable bonds is 5. The molecule has 0 fully saturated rings. The third kappa shape index (κ3) is 4.39. The molecule has 2 rings (SSSR count). The summed E-state index contributed by atoms with van der Waals surface area (Å²) in [6.07, 6.45) is 0.979. The molecule has 0 aliphatic rings. The van der Waals surface area contributed by atoms with Crippen molar-refractivity contribution in [1.82, 2.24) is 0 Å². The zero-order chi connectivity index (χ0) is 15.4. The van der Waals surface area contributed by atoms with Crippen LogP contribution < -0.4 is 61.4 Å². The van der Waals surface area contributed by atoms with Gasteiger partial charge in [-0.25, -0.2) is 0 Å². The molecule has 110 valence electrons. The molecule has 0 saturated carbocycles. The molecule has 0 aliphatic carbocycles. The van der Waals surface area contributed by atoms with Crippen LogP contribution in [-0.4, -0.2) is 17.9 Å². The van der Waals surface area contributed by atoms with Crippen LogP contribution in [0.25, 0.3) is 10.8 Å². The Morgan fingerprint density at radius 1 is 1.14 bits per heavy atom. The van der Waals surface area contributed by atoms with Gasteiger partial charge in [-0.15, -0.1) is 0 Å². The van der Waals surface area contributed by atoms with E-state index in [4.69, 9.17) is 0 Å². The molecular formula is C17H18KNO3. The van der Waals surface area contributed by atoms with E-state index in [2.05, 4.69) is 0 Å².